The third-order valence-corrected chi connectivity index (χ3v) is 7.46. The van der Waals surface area contributed by atoms with Gasteiger partial charge >= 0.3 is 11.9 Å². The number of hydrogen-bond acceptors (Lipinski definition) is 4. The molecule has 8 unspecified atom stereocenters. The summed E-state index contributed by atoms with van der Waals surface area (Å²) in [7, 11) is 0. The van der Waals surface area contributed by atoms with Crippen molar-refractivity contribution < 1.29 is 19.1 Å². The smallest absolute Gasteiger partial charge is 0.309 e. The van der Waals surface area contributed by atoms with Gasteiger partial charge < -0.3 is 9.47 Å². The largest absolute Gasteiger partial charge is 0.465 e. The second-order valence-electron chi connectivity index (χ2n) is 8.57. The SMILES string of the molecule is O=C1CCCC(CCOC(=O)C2CC3CC2C2C4C=CC(C4)C32)O1. The molecular formula is C20H26O4. The molecule has 4 aliphatic carbocycles. The minimum absolute atomic E-state index is 0.00911. The van der Waals surface area contributed by atoms with Crippen molar-refractivity contribution in [1.29, 1.82) is 0 Å². The molecule has 4 fully saturated rings. The van der Waals surface area contributed by atoms with Crippen molar-refractivity contribution in [3.05, 3.63) is 12.2 Å². The molecule has 1 heterocycles. The summed E-state index contributed by atoms with van der Waals surface area (Å²) in [4.78, 5) is 23.9. The zero-order valence-electron chi connectivity index (χ0n) is 14.1. The highest BCUT2D eigenvalue weighted by molar-refractivity contribution is 5.73. The standard InChI is InChI=1S/C20H26O4/c21-17-3-1-2-14(24-17)6-7-23-20(22)16-10-13-9-15(16)19-12-5-4-11(8-12)18(13)19/h4-5,11-16,18-19H,1-3,6-10H2. The number of allylic oxidation sites excluding steroid dienone is 2. The summed E-state index contributed by atoms with van der Waals surface area (Å²) in [6.07, 6.45) is 11.4. The molecule has 0 aromatic carbocycles. The van der Waals surface area contributed by atoms with Gasteiger partial charge in [-0.25, -0.2) is 0 Å². The van der Waals surface area contributed by atoms with E-state index in [0.29, 0.717) is 25.4 Å². The molecule has 5 rings (SSSR count). The Hall–Kier alpha value is -1.32. The van der Waals surface area contributed by atoms with E-state index in [9.17, 15) is 9.59 Å². The zero-order chi connectivity index (χ0) is 16.3. The van der Waals surface area contributed by atoms with Crippen LogP contribution in [0.4, 0.5) is 0 Å². The average Bonchev–Trinajstić information content (AvgIpc) is 3.33. The highest BCUT2D eigenvalue weighted by Crippen LogP contribution is 2.67. The molecule has 24 heavy (non-hydrogen) atoms. The predicted molar refractivity (Wildman–Crippen MR) is 86.7 cm³/mol. The normalized spacial score (nSPS) is 47.8. The molecule has 0 spiro atoms. The highest BCUT2D eigenvalue weighted by Gasteiger charge is 2.62. The molecular weight excluding hydrogens is 304 g/mol. The fourth-order valence-corrected chi connectivity index (χ4v) is 6.67. The molecule has 4 nitrogen and oxygen atoms in total. The van der Waals surface area contributed by atoms with Crippen LogP contribution in [0.2, 0.25) is 0 Å². The zero-order valence-corrected chi connectivity index (χ0v) is 14.1. The van der Waals surface area contributed by atoms with Crippen molar-refractivity contribution in [2.75, 3.05) is 6.61 Å². The first-order valence-corrected chi connectivity index (χ1v) is 9.75. The van der Waals surface area contributed by atoms with Gasteiger partial charge in [-0.3, -0.25) is 9.59 Å². The van der Waals surface area contributed by atoms with Crippen molar-refractivity contribution in [3.63, 3.8) is 0 Å². The molecule has 4 bridgehead atoms. The van der Waals surface area contributed by atoms with Gasteiger partial charge in [0.05, 0.1) is 12.5 Å². The van der Waals surface area contributed by atoms with Gasteiger partial charge in [-0.2, -0.15) is 0 Å². The van der Waals surface area contributed by atoms with Gasteiger partial charge in [0.25, 0.3) is 0 Å². The fourth-order valence-electron chi connectivity index (χ4n) is 6.67. The minimum atomic E-state index is -0.110. The van der Waals surface area contributed by atoms with Crippen LogP contribution in [0.5, 0.6) is 0 Å². The number of esters is 2. The highest BCUT2D eigenvalue weighted by atomic mass is 16.6. The van der Waals surface area contributed by atoms with Crippen LogP contribution in [-0.2, 0) is 19.1 Å². The lowest BCUT2D eigenvalue weighted by Crippen LogP contribution is -2.35. The van der Waals surface area contributed by atoms with Gasteiger partial charge in [-0.15, -0.1) is 0 Å². The van der Waals surface area contributed by atoms with Gasteiger partial charge in [-0.05, 0) is 67.6 Å². The maximum absolute atomic E-state index is 12.6. The lowest BCUT2D eigenvalue weighted by Gasteiger charge is -2.35. The molecule has 4 heteroatoms. The number of hydrogen-bond donors (Lipinski definition) is 0. The van der Waals surface area contributed by atoms with Crippen molar-refractivity contribution in [3.8, 4) is 0 Å². The Kier molecular flexibility index (Phi) is 3.50. The topological polar surface area (TPSA) is 52.6 Å². The first-order valence-electron chi connectivity index (χ1n) is 9.75. The molecule has 130 valence electrons. The number of carbonyl (C=O) groups is 2. The Morgan fingerprint density at radius 3 is 2.83 bits per heavy atom. The van der Waals surface area contributed by atoms with E-state index in [-0.39, 0.29) is 24.0 Å². The average molecular weight is 330 g/mol. The van der Waals surface area contributed by atoms with E-state index in [1.807, 2.05) is 0 Å². The molecule has 3 saturated carbocycles. The van der Waals surface area contributed by atoms with Crippen molar-refractivity contribution in [2.45, 2.75) is 51.0 Å². The van der Waals surface area contributed by atoms with E-state index in [1.165, 1.54) is 12.8 Å². The van der Waals surface area contributed by atoms with Crippen molar-refractivity contribution >= 4 is 11.9 Å². The van der Waals surface area contributed by atoms with E-state index in [4.69, 9.17) is 9.47 Å². The Labute approximate surface area is 143 Å². The van der Waals surface area contributed by atoms with Gasteiger partial charge in [0.15, 0.2) is 0 Å². The van der Waals surface area contributed by atoms with Gasteiger partial charge in [0.2, 0.25) is 0 Å². The third-order valence-electron chi connectivity index (χ3n) is 7.46. The molecule has 0 radical (unpaired) electrons. The fraction of sp³-hybridized carbons (Fsp3) is 0.800. The van der Waals surface area contributed by atoms with Crippen LogP contribution < -0.4 is 0 Å². The Morgan fingerprint density at radius 1 is 1.17 bits per heavy atom. The van der Waals surface area contributed by atoms with Crippen LogP contribution in [0.3, 0.4) is 0 Å². The number of fused-ring (bicyclic) bond motifs is 9. The van der Waals surface area contributed by atoms with Crippen LogP contribution in [0, 0.1) is 41.4 Å². The summed E-state index contributed by atoms with van der Waals surface area (Å²) in [5.41, 5.74) is 0. The van der Waals surface area contributed by atoms with E-state index in [1.54, 1.807) is 0 Å². The maximum Gasteiger partial charge on any atom is 0.309 e. The predicted octanol–water partition coefficient (Wildman–Crippen LogP) is 3.11. The minimum Gasteiger partial charge on any atom is -0.465 e. The molecule has 0 aromatic rings. The first-order chi connectivity index (χ1) is 11.7. The molecule has 8 atom stereocenters. The Morgan fingerprint density at radius 2 is 2.00 bits per heavy atom. The van der Waals surface area contributed by atoms with Crippen LogP contribution in [0.25, 0.3) is 0 Å². The van der Waals surface area contributed by atoms with Crippen LogP contribution in [0.15, 0.2) is 12.2 Å². The van der Waals surface area contributed by atoms with Crippen LogP contribution in [-0.4, -0.2) is 24.6 Å². The summed E-state index contributed by atoms with van der Waals surface area (Å²) in [5.74, 6) is 4.46. The molecule has 0 aromatic heterocycles. The summed E-state index contributed by atoms with van der Waals surface area (Å²) >= 11 is 0. The monoisotopic (exact) mass is 330 g/mol. The number of cyclic esters (lactones) is 1. The summed E-state index contributed by atoms with van der Waals surface area (Å²) < 4.78 is 10.9. The van der Waals surface area contributed by atoms with Crippen molar-refractivity contribution in [1.82, 2.24) is 0 Å². The van der Waals surface area contributed by atoms with Crippen molar-refractivity contribution in [2.24, 2.45) is 41.4 Å². The van der Waals surface area contributed by atoms with Crippen LogP contribution in [0.1, 0.15) is 44.9 Å². The molecule has 5 aliphatic rings. The summed E-state index contributed by atoms with van der Waals surface area (Å²) in [6.45, 7) is 0.394. The molecule has 0 N–H and O–H groups in total. The maximum atomic E-state index is 12.6. The van der Waals surface area contributed by atoms with E-state index >= 15 is 0 Å². The van der Waals surface area contributed by atoms with E-state index < -0.39 is 0 Å². The Bertz CT molecular complexity index is 582. The van der Waals surface area contributed by atoms with Gasteiger partial charge in [-0.1, -0.05) is 12.2 Å². The number of carbonyl (C=O) groups excluding carboxylic acids is 2. The van der Waals surface area contributed by atoms with Crippen LogP contribution >= 0.6 is 0 Å². The van der Waals surface area contributed by atoms with Gasteiger partial charge in [0.1, 0.15) is 6.10 Å². The quantitative estimate of drug-likeness (QED) is 0.451. The van der Waals surface area contributed by atoms with Gasteiger partial charge in [0, 0.05) is 12.8 Å². The second-order valence-corrected chi connectivity index (χ2v) is 8.57. The van der Waals surface area contributed by atoms with E-state index in [0.717, 1.165) is 48.9 Å². The summed E-state index contributed by atoms with van der Waals surface area (Å²) in [6, 6.07) is 0. The van der Waals surface area contributed by atoms with E-state index in [2.05, 4.69) is 12.2 Å². The second kappa shape index (κ2) is 5.60. The number of ether oxygens (including phenoxy) is 2. The lowest BCUT2D eigenvalue weighted by atomic mass is 9.69. The lowest BCUT2D eigenvalue weighted by molar-refractivity contribution is -0.157. The molecule has 0 amide bonds. The molecule has 1 aliphatic heterocycles. The number of rotatable bonds is 4. The Balaban J connectivity index is 1.15. The summed E-state index contributed by atoms with van der Waals surface area (Å²) in [5, 5.41) is 0. The first kappa shape index (κ1) is 15.0. The molecule has 1 saturated heterocycles. The third kappa shape index (κ3) is 2.25.